The molecule has 0 spiro atoms. The van der Waals surface area contributed by atoms with Crippen LogP contribution in [0.2, 0.25) is 0 Å². The molecule has 1 aromatic rings. The maximum atomic E-state index is 5.75. The van der Waals surface area contributed by atoms with Crippen molar-refractivity contribution in [1.82, 2.24) is 4.98 Å². The van der Waals surface area contributed by atoms with E-state index >= 15 is 0 Å². The molecule has 0 atom stereocenters. The van der Waals surface area contributed by atoms with Crippen LogP contribution in [0.15, 0.2) is 39.8 Å². The second-order valence-corrected chi connectivity index (χ2v) is 4.06. The highest BCUT2D eigenvalue weighted by Gasteiger charge is 2.35. The molecular formula is C11H12N6. The first kappa shape index (κ1) is 9.95. The Hall–Kier alpha value is -2.24. The van der Waals surface area contributed by atoms with Crippen molar-refractivity contribution >= 4 is 22.9 Å². The van der Waals surface area contributed by atoms with Crippen LogP contribution in [0.4, 0.5) is 5.69 Å². The van der Waals surface area contributed by atoms with Crippen LogP contribution in [0.1, 0.15) is 12.8 Å². The summed E-state index contributed by atoms with van der Waals surface area (Å²) in [6.45, 7) is 0. The van der Waals surface area contributed by atoms with Crippen molar-refractivity contribution < 1.29 is 0 Å². The number of anilines is 1. The van der Waals surface area contributed by atoms with Gasteiger partial charge in [0.05, 0.1) is 17.6 Å². The highest BCUT2D eigenvalue weighted by molar-refractivity contribution is 6.70. The number of nitrogens with zero attached hydrogens (tertiary/aromatic N) is 4. The Bertz CT molecular complexity index is 512. The van der Waals surface area contributed by atoms with E-state index in [1.165, 1.54) is 0 Å². The van der Waals surface area contributed by atoms with Crippen molar-refractivity contribution in [1.29, 1.82) is 0 Å². The average Bonchev–Trinajstić information content (AvgIpc) is 3.13. The minimum Gasteiger partial charge on any atom is -0.380 e. The average molecular weight is 228 g/mol. The summed E-state index contributed by atoms with van der Waals surface area (Å²) in [5.74, 6) is 0.859. The highest BCUT2D eigenvalue weighted by Crippen LogP contribution is 2.32. The van der Waals surface area contributed by atoms with Crippen LogP contribution in [-0.4, -0.2) is 22.2 Å². The molecule has 0 bridgehead atoms. The van der Waals surface area contributed by atoms with Gasteiger partial charge in [-0.1, -0.05) is 0 Å². The summed E-state index contributed by atoms with van der Waals surface area (Å²) < 4.78 is 0. The number of aromatic nitrogens is 1. The quantitative estimate of drug-likeness (QED) is 0.756. The second-order valence-electron chi connectivity index (χ2n) is 4.06. The van der Waals surface area contributed by atoms with Gasteiger partial charge in [-0.15, -0.1) is 5.10 Å². The largest absolute Gasteiger partial charge is 0.380 e. The second kappa shape index (κ2) is 3.97. The lowest BCUT2D eigenvalue weighted by molar-refractivity contribution is 1.16. The van der Waals surface area contributed by atoms with Gasteiger partial charge in [-0.2, -0.15) is 10.2 Å². The topological polar surface area (TPSA) is 88.0 Å². The maximum absolute atomic E-state index is 5.75. The van der Waals surface area contributed by atoms with Gasteiger partial charge in [0, 0.05) is 12.1 Å². The Balaban J connectivity index is 1.78. The monoisotopic (exact) mass is 228 g/mol. The van der Waals surface area contributed by atoms with Gasteiger partial charge < -0.3 is 5.73 Å². The Kier molecular flexibility index (Phi) is 2.32. The summed E-state index contributed by atoms with van der Waals surface area (Å²) in [7, 11) is 0. The first-order chi connectivity index (χ1) is 8.34. The summed E-state index contributed by atoms with van der Waals surface area (Å²) in [6, 6.07) is 3.72. The van der Waals surface area contributed by atoms with Crippen LogP contribution in [0, 0.1) is 5.92 Å². The van der Waals surface area contributed by atoms with Gasteiger partial charge in [0.1, 0.15) is 0 Å². The van der Waals surface area contributed by atoms with E-state index in [4.69, 9.17) is 5.73 Å². The van der Waals surface area contributed by atoms with Crippen LogP contribution in [0.3, 0.4) is 0 Å². The Morgan fingerprint density at radius 2 is 2.24 bits per heavy atom. The van der Waals surface area contributed by atoms with Crippen molar-refractivity contribution in [3.63, 3.8) is 0 Å². The van der Waals surface area contributed by atoms with Crippen molar-refractivity contribution in [3.8, 4) is 0 Å². The SMILES string of the molecule is NC1=NN=C(C2CC2)/C1=N\Nc1cccnc1. The van der Waals surface area contributed by atoms with E-state index in [-0.39, 0.29) is 0 Å². The molecule has 2 aliphatic rings. The molecule has 3 rings (SSSR count). The molecule has 0 aromatic carbocycles. The molecule has 2 heterocycles. The van der Waals surface area contributed by atoms with Gasteiger partial charge in [0.2, 0.25) is 0 Å². The summed E-state index contributed by atoms with van der Waals surface area (Å²) in [5, 5.41) is 12.2. The number of pyridine rings is 1. The smallest absolute Gasteiger partial charge is 0.175 e. The van der Waals surface area contributed by atoms with Gasteiger partial charge in [-0.25, -0.2) is 0 Å². The molecule has 1 saturated carbocycles. The molecule has 17 heavy (non-hydrogen) atoms. The molecule has 0 saturated heterocycles. The molecular weight excluding hydrogens is 216 g/mol. The van der Waals surface area contributed by atoms with Crippen molar-refractivity contribution in [2.24, 2.45) is 27.0 Å². The predicted octanol–water partition coefficient (Wildman–Crippen LogP) is 0.986. The van der Waals surface area contributed by atoms with Gasteiger partial charge in [0.25, 0.3) is 0 Å². The Morgan fingerprint density at radius 1 is 1.35 bits per heavy atom. The van der Waals surface area contributed by atoms with Gasteiger partial charge in [-0.3, -0.25) is 10.4 Å². The standard InChI is InChI=1S/C11H12N6/c12-11-10(9(15-17-11)7-3-4-7)16-14-8-2-1-5-13-6-8/h1-2,5-7,14H,3-4H2,(H2,12,16,17). The molecule has 1 aromatic heterocycles. The normalized spacial score (nSPS) is 21.3. The fraction of sp³-hybridized carbons (Fsp3) is 0.273. The van der Waals surface area contributed by atoms with Crippen molar-refractivity contribution in [3.05, 3.63) is 24.5 Å². The van der Waals surface area contributed by atoms with E-state index in [1.807, 2.05) is 12.1 Å². The molecule has 0 unspecified atom stereocenters. The first-order valence-corrected chi connectivity index (χ1v) is 5.50. The summed E-state index contributed by atoms with van der Waals surface area (Å²) in [5.41, 5.74) is 11.0. The lowest BCUT2D eigenvalue weighted by atomic mass is 10.1. The molecule has 6 nitrogen and oxygen atoms in total. The maximum Gasteiger partial charge on any atom is 0.175 e. The number of hydrazone groups is 1. The number of hydrogen-bond donors (Lipinski definition) is 2. The molecule has 1 fully saturated rings. The number of rotatable bonds is 3. The fourth-order valence-corrected chi connectivity index (χ4v) is 1.63. The van der Waals surface area contributed by atoms with Gasteiger partial charge in [-0.05, 0) is 25.0 Å². The van der Waals surface area contributed by atoms with Crippen LogP contribution in [0.25, 0.3) is 0 Å². The van der Waals surface area contributed by atoms with Crippen LogP contribution >= 0.6 is 0 Å². The zero-order valence-corrected chi connectivity index (χ0v) is 9.17. The summed E-state index contributed by atoms with van der Waals surface area (Å²) in [4.78, 5) is 3.99. The van der Waals surface area contributed by atoms with Crippen LogP contribution < -0.4 is 11.2 Å². The number of hydrogen-bond acceptors (Lipinski definition) is 6. The van der Waals surface area contributed by atoms with Gasteiger partial charge >= 0.3 is 0 Å². The van der Waals surface area contributed by atoms with E-state index in [1.54, 1.807) is 12.4 Å². The molecule has 1 aliphatic carbocycles. The number of nitrogens with two attached hydrogens (primary N) is 1. The van der Waals surface area contributed by atoms with Crippen LogP contribution in [0.5, 0.6) is 0 Å². The molecule has 1 aliphatic heterocycles. The fourth-order valence-electron chi connectivity index (χ4n) is 1.63. The van der Waals surface area contributed by atoms with E-state index in [0.29, 0.717) is 17.5 Å². The van der Waals surface area contributed by atoms with Gasteiger partial charge in [0.15, 0.2) is 11.5 Å². The minimum absolute atomic E-state index is 0.378. The lowest BCUT2D eigenvalue weighted by Crippen LogP contribution is -2.29. The summed E-state index contributed by atoms with van der Waals surface area (Å²) >= 11 is 0. The van der Waals surface area contributed by atoms with E-state index < -0.39 is 0 Å². The summed E-state index contributed by atoms with van der Waals surface area (Å²) in [6.07, 6.45) is 5.70. The molecule has 3 N–H and O–H groups in total. The van der Waals surface area contributed by atoms with Crippen LogP contribution in [-0.2, 0) is 0 Å². The third kappa shape index (κ3) is 2.01. The lowest BCUT2D eigenvalue weighted by Gasteiger charge is -2.03. The third-order valence-electron chi connectivity index (χ3n) is 2.67. The zero-order chi connectivity index (χ0) is 11.7. The minimum atomic E-state index is 0.378. The zero-order valence-electron chi connectivity index (χ0n) is 9.17. The molecule has 86 valence electrons. The predicted molar refractivity (Wildman–Crippen MR) is 67.1 cm³/mol. The molecule has 0 radical (unpaired) electrons. The van der Waals surface area contributed by atoms with Crippen molar-refractivity contribution in [2.45, 2.75) is 12.8 Å². The Morgan fingerprint density at radius 3 is 2.94 bits per heavy atom. The molecule has 6 heteroatoms. The third-order valence-corrected chi connectivity index (χ3v) is 2.67. The van der Waals surface area contributed by atoms with E-state index in [9.17, 15) is 0 Å². The number of amidine groups is 1. The van der Waals surface area contributed by atoms with E-state index in [0.717, 1.165) is 24.2 Å². The number of nitrogens with one attached hydrogen (secondary N) is 1. The van der Waals surface area contributed by atoms with Crippen molar-refractivity contribution in [2.75, 3.05) is 5.43 Å². The Labute approximate surface area is 98.3 Å². The first-order valence-electron chi connectivity index (χ1n) is 5.50. The van der Waals surface area contributed by atoms with E-state index in [2.05, 4.69) is 25.7 Å². The molecule has 0 amide bonds. The highest BCUT2D eigenvalue weighted by atomic mass is 15.3.